The van der Waals surface area contributed by atoms with Crippen molar-refractivity contribution in [3.63, 3.8) is 0 Å². The molecule has 0 fully saturated rings. The average molecular weight is 292 g/mol. The molecular formula is C11H8N4O4S. The van der Waals surface area contributed by atoms with E-state index in [4.69, 9.17) is 14.1 Å². The zero-order valence-corrected chi connectivity index (χ0v) is 10.7. The first-order chi connectivity index (χ1) is 9.54. The molecule has 8 nitrogen and oxygen atoms in total. The largest absolute Gasteiger partial charge is 0.451 e. The number of rotatable bonds is 3. The molecule has 0 radical (unpaired) electrons. The van der Waals surface area contributed by atoms with Gasteiger partial charge in [0.1, 0.15) is 6.26 Å². The van der Waals surface area contributed by atoms with Gasteiger partial charge in [-0.15, -0.1) is 0 Å². The molecule has 0 saturated carbocycles. The fourth-order valence-electron chi connectivity index (χ4n) is 1.53. The second kappa shape index (κ2) is 4.54. The lowest BCUT2D eigenvalue weighted by Crippen LogP contribution is -2.10. The summed E-state index contributed by atoms with van der Waals surface area (Å²) in [6.07, 6.45) is 4.39. The molecule has 0 saturated heterocycles. The molecule has 0 aliphatic heterocycles. The second-order valence-corrected chi connectivity index (χ2v) is 5.36. The molecule has 0 amide bonds. The maximum absolute atomic E-state index is 11.1. The van der Waals surface area contributed by atoms with Gasteiger partial charge in [0.25, 0.3) is 15.9 Å². The molecule has 0 spiro atoms. The van der Waals surface area contributed by atoms with E-state index in [1.165, 1.54) is 12.3 Å². The first-order valence-corrected chi connectivity index (χ1v) is 6.94. The molecule has 0 aromatic carbocycles. The third kappa shape index (κ3) is 2.31. The zero-order chi connectivity index (χ0) is 14.2. The molecule has 3 aromatic rings. The standard InChI is InChI=1S/C11H8N4O4S/c12-20(16,17)9-4-8(6-18-9)11-14-10(15-19-11)7-2-1-3-13-5-7/h1-6H,(H2,12,16,17). The molecule has 9 heteroatoms. The van der Waals surface area contributed by atoms with Crippen molar-refractivity contribution in [2.75, 3.05) is 0 Å². The second-order valence-electron chi connectivity index (χ2n) is 3.86. The zero-order valence-electron chi connectivity index (χ0n) is 9.92. The van der Waals surface area contributed by atoms with E-state index >= 15 is 0 Å². The summed E-state index contributed by atoms with van der Waals surface area (Å²) < 4.78 is 32.1. The number of aromatic nitrogens is 3. The van der Waals surface area contributed by atoms with E-state index in [1.807, 2.05) is 0 Å². The summed E-state index contributed by atoms with van der Waals surface area (Å²) in [7, 11) is -3.90. The lowest BCUT2D eigenvalue weighted by molar-refractivity contribution is 0.429. The van der Waals surface area contributed by atoms with E-state index in [1.54, 1.807) is 24.5 Å². The van der Waals surface area contributed by atoms with Gasteiger partial charge >= 0.3 is 0 Å². The van der Waals surface area contributed by atoms with Crippen molar-refractivity contribution in [1.82, 2.24) is 15.1 Å². The summed E-state index contributed by atoms with van der Waals surface area (Å²) in [5.41, 5.74) is 1.01. The van der Waals surface area contributed by atoms with Gasteiger partial charge in [-0.3, -0.25) is 4.98 Å². The Morgan fingerprint density at radius 3 is 2.75 bits per heavy atom. The Bertz CT molecular complexity index is 838. The van der Waals surface area contributed by atoms with Crippen LogP contribution in [0.5, 0.6) is 0 Å². The minimum absolute atomic E-state index is 0.127. The van der Waals surface area contributed by atoms with Crippen molar-refractivity contribution in [2.24, 2.45) is 5.14 Å². The highest BCUT2D eigenvalue weighted by atomic mass is 32.2. The fraction of sp³-hybridized carbons (Fsp3) is 0. The smallest absolute Gasteiger partial charge is 0.271 e. The molecule has 2 N–H and O–H groups in total. The molecular weight excluding hydrogens is 284 g/mol. The van der Waals surface area contributed by atoms with Gasteiger partial charge in [-0.2, -0.15) is 4.98 Å². The Balaban J connectivity index is 1.97. The number of primary sulfonamides is 1. The highest BCUT2D eigenvalue weighted by Crippen LogP contribution is 2.24. The van der Waals surface area contributed by atoms with Crippen LogP contribution in [0.3, 0.4) is 0 Å². The summed E-state index contributed by atoms with van der Waals surface area (Å²) >= 11 is 0. The van der Waals surface area contributed by atoms with Gasteiger partial charge in [-0.25, -0.2) is 13.6 Å². The van der Waals surface area contributed by atoms with Crippen LogP contribution in [0.15, 0.2) is 50.9 Å². The van der Waals surface area contributed by atoms with Gasteiger partial charge in [0.2, 0.25) is 10.9 Å². The van der Waals surface area contributed by atoms with Gasteiger partial charge < -0.3 is 8.94 Å². The molecule has 102 valence electrons. The molecule has 3 aromatic heterocycles. The van der Waals surface area contributed by atoms with Gasteiger partial charge in [0.05, 0.1) is 5.56 Å². The first kappa shape index (κ1) is 12.5. The Morgan fingerprint density at radius 1 is 1.25 bits per heavy atom. The van der Waals surface area contributed by atoms with Crippen molar-refractivity contribution >= 4 is 10.0 Å². The van der Waals surface area contributed by atoms with Crippen molar-refractivity contribution < 1.29 is 17.4 Å². The highest BCUT2D eigenvalue weighted by Gasteiger charge is 2.18. The van der Waals surface area contributed by atoms with Crippen LogP contribution in [-0.2, 0) is 10.0 Å². The maximum Gasteiger partial charge on any atom is 0.271 e. The third-order valence-corrected chi connectivity index (χ3v) is 3.22. The van der Waals surface area contributed by atoms with E-state index in [-0.39, 0.29) is 11.0 Å². The van der Waals surface area contributed by atoms with Gasteiger partial charge in [-0.05, 0) is 12.1 Å². The minimum Gasteiger partial charge on any atom is -0.451 e. The number of pyridine rings is 1. The van der Waals surface area contributed by atoms with Crippen LogP contribution in [-0.4, -0.2) is 23.5 Å². The van der Waals surface area contributed by atoms with Crippen LogP contribution in [0.25, 0.3) is 22.8 Å². The number of hydrogen-bond donors (Lipinski definition) is 1. The summed E-state index contributed by atoms with van der Waals surface area (Å²) in [6, 6.07) is 4.73. The summed E-state index contributed by atoms with van der Waals surface area (Å²) in [6.45, 7) is 0. The quantitative estimate of drug-likeness (QED) is 0.764. The van der Waals surface area contributed by atoms with Crippen molar-refractivity contribution in [3.8, 4) is 22.8 Å². The van der Waals surface area contributed by atoms with E-state index in [9.17, 15) is 8.42 Å². The third-order valence-electron chi connectivity index (χ3n) is 2.45. The number of nitrogens with two attached hydrogens (primary N) is 1. The van der Waals surface area contributed by atoms with Crippen molar-refractivity contribution in [1.29, 1.82) is 0 Å². The summed E-state index contributed by atoms with van der Waals surface area (Å²) in [5, 5.41) is 8.37. The lowest BCUT2D eigenvalue weighted by Gasteiger charge is -1.89. The van der Waals surface area contributed by atoms with Crippen molar-refractivity contribution in [2.45, 2.75) is 5.09 Å². The number of nitrogens with zero attached hydrogens (tertiary/aromatic N) is 3. The summed E-state index contributed by atoms with van der Waals surface area (Å²) in [5.74, 6) is 0.467. The Kier molecular flexibility index (Phi) is 2.84. The first-order valence-electron chi connectivity index (χ1n) is 5.40. The Hall–Kier alpha value is -2.52. The highest BCUT2D eigenvalue weighted by molar-refractivity contribution is 7.89. The molecule has 3 heterocycles. The van der Waals surface area contributed by atoms with Crippen molar-refractivity contribution in [3.05, 3.63) is 36.9 Å². The lowest BCUT2D eigenvalue weighted by atomic mass is 10.3. The predicted molar refractivity (Wildman–Crippen MR) is 66.6 cm³/mol. The predicted octanol–water partition coefficient (Wildman–Crippen LogP) is 1.04. The topological polar surface area (TPSA) is 125 Å². The average Bonchev–Trinajstić information content (AvgIpc) is 3.08. The fourth-order valence-corrected chi connectivity index (χ4v) is 2.00. The SMILES string of the molecule is NS(=O)(=O)c1cc(-c2nc(-c3cccnc3)no2)co1. The molecule has 20 heavy (non-hydrogen) atoms. The number of sulfonamides is 1. The normalized spacial score (nSPS) is 11.7. The molecule has 0 unspecified atom stereocenters. The van der Waals surface area contributed by atoms with Gasteiger partial charge in [0.15, 0.2) is 0 Å². The number of furan rings is 1. The van der Waals surface area contributed by atoms with E-state index < -0.39 is 10.0 Å². The van der Waals surface area contributed by atoms with Crippen LogP contribution in [0.2, 0.25) is 0 Å². The van der Waals surface area contributed by atoms with Crippen LogP contribution < -0.4 is 5.14 Å². The minimum atomic E-state index is -3.90. The Morgan fingerprint density at radius 2 is 2.10 bits per heavy atom. The van der Waals surface area contributed by atoms with Crippen LogP contribution in [0, 0.1) is 0 Å². The Labute approximate surface area is 113 Å². The van der Waals surface area contributed by atoms with E-state index in [0.29, 0.717) is 17.0 Å². The molecule has 0 aliphatic rings. The number of hydrogen-bond acceptors (Lipinski definition) is 7. The molecule has 3 rings (SSSR count). The van der Waals surface area contributed by atoms with E-state index in [0.717, 1.165) is 0 Å². The van der Waals surface area contributed by atoms with Crippen LogP contribution >= 0.6 is 0 Å². The molecule has 0 bridgehead atoms. The monoisotopic (exact) mass is 292 g/mol. The van der Waals surface area contributed by atoms with Gasteiger partial charge in [0, 0.05) is 24.0 Å². The maximum atomic E-state index is 11.1. The van der Waals surface area contributed by atoms with Crippen LogP contribution in [0.1, 0.15) is 0 Å². The molecule has 0 atom stereocenters. The molecule has 0 aliphatic carbocycles. The van der Waals surface area contributed by atoms with E-state index in [2.05, 4.69) is 15.1 Å². The van der Waals surface area contributed by atoms with Crippen LogP contribution in [0.4, 0.5) is 0 Å². The van der Waals surface area contributed by atoms with Gasteiger partial charge in [-0.1, -0.05) is 5.16 Å². The summed E-state index contributed by atoms with van der Waals surface area (Å²) in [4.78, 5) is 8.08.